The van der Waals surface area contributed by atoms with E-state index in [1.165, 1.54) is 18.2 Å². The highest BCUT2D eigenvalue weighted by molar-refractivity contribution is 5.82. The van der Waals surface area contributed by atoms with E-state index in [0.717, 1.165) is 56.3 Å². The molecule has 1 aromatic carbocycles. The second kappa shape index (κ2) is 6.85. The second-order valence-corrected chi connectivity index (χ2v) is 6.58. The van der Waals surface area contributed by atoms with E-state index in [4.69, 9.17) is 9.47 Å². The van der Waals surface area contributed by atoms with E-state index >= 15 is 0 Å². The van der Waals surface area contributed by atoms with Crippen molar-refractivity contribution in [2.75, 3.05) is 26.3 Å². The first-order valence-electron chi connectivity index (χ1n) is 8.71. The summed E-state index contributed by atoms with van der Waals surface area (Å²) in [5.41, 5.74) is 0. The van der Waals surface area contributed by atoms with Crippen LogP contribution in [-0.2, 0) is 4.74 Å². The normalized spacial score (nSPS) is 26.3. The molecule has 2 aliphatic rings. The van der Waals surface area contributed by atoms with E-state index in [2.05, 4.69) is 28.1 Å². The molecule has 0 bridgehead atoms. The molecule has 2 heterocycles. The molecule has 0 unspecified atom stereocenters. The molecule has 1 saturated heterocycles. The van der Waals surface area contributed by atoms with Crippen LogP contribution in [0.2, 0.25) is 0 Å². The molecule has 1 saturated carbocycles. The van der Waals surface area contributed by atoms with Crippen LogP contribution in [0.3, 0.4) is 0 Å². The molecule has 1 aliphatic carbocycles. The third-order valence-corrected chi connectivity index (χ3v) is 5.12. The Morgan fingerprint density at radius 2 is 1.83 bits per heavy atom. The van der Waals surface area contributed by atoms with E-state index in [1.807, 2.05) is 18.5 Å². The smallest absolute Gasteiger partial charge is 0.120 e. The van der Waals surface area contributed by atoms with Crippen molar-refractivity contribution in [1.82, 2.24) is 9.88 Å². The molecular formula is C19H24N2O2. The molecule has 122 valence electrons. The van der Waals surface area contributed by atoms with Gasteiger partial charge in [-0.3, -0.25) is 9.88 Å². The van der Waals surface area contributed by atoms with Crippen molar-refractivity contribution in [2.24, 2.45) is 0 Å². The predicted molar refractivity (Wildman–Crippen MR) is 90.8 cm³/mol. The van der Waals surface area contributed by atoms with Crippen molar-refractivity contribution >= 4 is 10.8 Å². The maximum absolute atomic E-state index is 6.24. The van der Waals surface area contributed by atoms with E-state index in [9.17, 15) is 0 Å². The second-order valence-electron chi connectivity index (χ2n) is 6.58. The Balaban J connectivity index is 1.34. The van der Waals surface area contributed by atoms with Crippen LogP contribution in [0.1, 0.15) is 25.7 Å². The average Bonchev–Trinajstić information content (AvgIpc) is 2.63. The van der Waals surface area contributed by atoms with Gasteiger partial charge in [0.1, 0.15) is 5.75 Å². The van der Waals surface area contributed by atoms with Crippen molar-refractivity contribution in [3.05, 3.63) is 36.7 Å². The summed E-state index contributed by atoms with van der Waals surface area (Å²) in [7, 11) is 0. The van der Waals surface area contributed by atoms with Gasteiger partial charge in [0.2, 0.25) is 0 Å². The van der Waals surface area contributed by atoms with Crippen LogP contribution < -0.4 is 4.74 Å². The Hall–Kier alpha value is -1.65. The van der Waals surface area contributed by atoms with Gasteiger partial charge in [-0.05, 0) is 55.3 Å². The SMILES string of the molecule is c1cc2cc(OC3CCC(N4CCOCC4)CC3)ccc2cn1. The summed E-state index contributed by atoms with van der Waals surface area (Å²) in [6.45, 7) is 3.97. The standard InChI is InChI=1S/C19H24N2O2/c1-4-19(13-15-7-8-20-14-16(1)15)23-18-5-2-17(3-6-18)21-9-11-22-12-10-21/h1,4,7-8,13-14,17-18H,2-3,5-6,9-12H2. The number of aromatic nitrogens is 1. The minimum Gasteiger partial charge on any atom is -0.490 e. The number of nitrogens with zero attached hydrogens (tertiary/aromatic N) is 2. The number of rotatable bonds is 3. The summed E-state index contributed by atoms with van der Waals surface area (Å²) in [4.78, 5) is 6.76. The highest BCUT2D eigenvalue weighted by Crippen LogP contribution is 2.28. The van der Waals surface area contributed by atoms with Crippen LogP contribution in [-0.4, -0.2) is 48.3 Å². The molecule has 1 aliphatic heterocycles. The lowest BCUT2D eigenvalue weighted by Crippen LogP contribution is -2.46. The molecule has 0 atom stereocenters. The van der Waals surface area contributed by atoms with E-state index in [-0.39, 0.29) is 0 Å². The maximum Gasteiger partial charge on any atom is 0.120 e. The van der Waals surface area contributed by atoms with Gasteiger partial charge in [0.25, 0.3) is 0 Å². The van der Waals surface area contributed by atoms with Gasteiger partial charge >= 0.3 is 0 Å². The summed E-state index contributed by atoms with van der Waals surface area (Å²) < 4.78 is 11.7. The monoisotopic (exact) mass is 312 g/mol. The van der Waals surface area contributed by atoms with Crippen molar-refractivity contribution in [3.8, 4) is 5.75 Å². The fraction of sp³-hybridized carbons (Fsp3) is 0.526. The van der Waals surface area contributed by atoms with E-state index < -0.39 is 0 Å². The third kappa shape index (κ3) is 3.48. The topological polar surface area (TPSA) is 34.6 Å². The van der Waals surface area contributed by atoms with Crippen LogP contribution in [0.4, 0.5) is 0 Å². The average molecular weight is 312 g/mol. The first-order chi connectivity index (χ1) is 11.4. The molecule has 4 heteroatoms. The molecule has 2 fully saturated rings. The molecule has 23 heavy (non-hydrogen) atoms. The van der Waals surface area contributed by atoms with Gasteiger partial charge < -0.3 is 9.47 Å². The summed E-state index contributed by atoms with van der Waals surface area (Å²) in [6, 6.07) is 9.05. The number of morpholine rings is 1. The minimum absolute atomic E-state index is 0.353. The lowest BCUT2D eigenvalue weighted by molar-refractivity contribution is -0.00102. The first-order valence-corrected chi connectivity index (χ1v) is 8.71. The van der Waals surface area contributed by atoms with Crippen molar-refractivity contribution < 1.29 is 9.47 Å². The van der Waals surface area contributed by atoms with Gasteiger partial charge in [0.05, 0.1) is 19.3 Å². The summed E-state index contributed by atoms with van der Waals surface area (Å²) >= 11 is 0. The maximum atomic E-state index is 6.24. The number of hydrogen-bond donors (Lipinski definition) is 0. The third-order valence-electron chi connectivity index (χ3n) is 5.12. The highest BCUT2D eigenvalue weighted by Gasteiger charge is 2.27. The number of hydrogen-bond acceptors (Lipinski definition) is 4. The Labute approximate surface area is 137 Å². The first kappa shape index (κ1) is 14.9. The van der Waals surface area contributed by atoms with Crippen LogP contribution in [0.15, 0.2) is 36.7 Å². The van der Waals surface area contributed by atoms with Crippen LogP contribution in [0.25, 0.3) is 10.8 Å². The summed E-state index contributed by atoms with van der Waals surface area (Å²) in [5.74, 6) is 0.985. The van der Waals surface area contributed by atoms with Gasteiger partial charge in [-0.15, -0.1) is 0 Å². The lowest BCUT2D eigenvalue weighted by atomic mass is 9.91. The quantitative estimate of drug-likeness (QED) is 0.871. The van der Waals surface area contributed by atoms with Crippen LogP contribution >= 0.6 is 0 Å². The Morgan fingerprint density at radius 3 is 2.65 bits per heavy atom. The zero-order valence-electron chi connectivity index (χ0n) is 13.5. The van der Waals surface area contributed by atoms with E-state index in [0.29, 0.717) is 6.10 Å². The Kier molecular flexibility index (Phi) is 4.44. The summed E-state index contributed by atoms with van der Waals surface area (Å²) in [5, 5.41) is 2.36. The number of benzene rings is 1. The zero-order valence-corrected chi connectivity index (χ0v) is 13.5. The summed E-state index contributed by atoms with van der Waals surface area (Å²) in [6.07, 6.45) is 8.86. The van der Waals surface area contributed by atoms with Crippen LogP contribution in [0, 0.1) is 0 Å². The van der Waals surface area contributed by atoms with Gasteiger partial charge in [0.15, 0.2) is 0 Å². The minimum atomic E-state index is 0.353. The molecule has 2 aromatic rings. The van der Waals surface area contributed by atoms with Crippen molar-refractivity contribution in [1.29, 1.82) is 0 Å². The number of fused-ring (bicyclic) bond motifs is 1. The molecule has 0 spiro atoms. The Morgan fingerprint density at radius 1 is 1.00 bits per heavy atom. The fourth-order valence-corrected chi connectivity index (χ4v) is 3.80. The molecule has 0 radical (unpaired) electrons. The van der Waals surface area contributed by atoms with Gasteiger partial charge in [-0.25, -0.2) is 0 Å². The van der Waals surface area contributed by atoms with E-state index in [1.54, 1.807) is 0 Å². The molecule has 4 nitrogen and oxygen atoms in total. The van der Waals surface area contributed by atoms with Gasteiger partial charge in [-0.1, -0.05) is 0 Å². The van der Waals surface area contributed by atoms with Crippen molar-refractivity contribution in [2.45, 2.75) is 37.8 Å². The van der Waals surface area contributed by atoms with Crippen LogP contribution in [0.5, 0.6) is 5.75 Å². The van der Waals surface area contributed by atoms with Crippen molar-refractivity contribution in [3.63, 3.8) is 0 Å². The molecule has 4 rings (SSSR count). The molecule has 0 N–H and O–H groups in total. The molecular weight excluding hydrogens is 288 g/mol. The Bertz CT molecular complexity index is 647. The van der Waals surface area contributed by atoms with Gasteiger partial charge in [-0.2, -0.15) is 0 Å². The predicted octanol–water partition coefficient (Wildman–Crippen LogP) is 3.26. The fourth-order valence-electron chi connectivity index (χ4n) is 3.80. The largest absolute Gasteiger partial charge is 0.490 e. The molecule has 1 aromatic heterocycles. The highest BCUT2D eigenvalue weighted by atomic mass is 16.5. The lowest BCUT2D eigenvalue weighted by Gasteiger charge is -2.38. The number of ether oxygens (including phenoxy) is 2. The number of pyridine rings is 1. The zero-order chi connectivity index (χ0) is 15.5. The van der Waals surface area contributed by atoms with Gasteiger partial charge in [0, 0.05) is 36.9 Å². The molecule has 0 amide bonds.